The number of hydrogen-bond donors (Lipinski definition) is 1. The highest BCUT2D eigenvalue weighted by Gasteiger charge is 2.43. The van der Waals surface area contributed by atoms with Gasteiger partial charge in [-0.25, -0.2) is 4.98 Å². The van der Waals surface area contributed by atoms with Gasteiger partial charge in [-0.3, -0.25) is 9.59 Å². The standard InChI is InChI=1S/C25H22N4O2/c1-16(24(30)27-22-13-7-8-14-26-22)29-23(18-10-3-4-11-19(18)25(29)31)20-15-28(2)21-12-6-5-9-17(20)21/h3-16,23H,1-2H3,(H,26,27,30)/t16-,23-/m1/s1. The summed E-state index contributed by atoms with van der Waals surface area (Å²) in [6.07, 6.45) is 3.68. The van der Waals surface area contributed by atoms with E-state index in [1.54, 1.807) is 30.2 Å². The molecular weight excluding hydrogens is 388 g/mol. The molecular formula is C25H22N4O2. The van der Waals surface area contributed by atoms with Gasteiger partial charge in [0.05, 0.1) is 6.04 Å². The molecule has 6 nitrogen and oxygen atoms in total. The van der Waals surface area contributed by atoms with E-state index in [4.69, 9.17) is 0 Å². The van der Waals surface area contributed by atoms with Crippen LogP contribution in [0.1, 0.15) is 34.5 Å². The molecule has 0 bridgehead atoms. The first kappa shape index (κ1) is 19.1. The maximum atomic E-state index is 13.4. The Bertz CT molecular complexity index is 1300. The van der Waals surface area contributed by atoms with Crippen molar-refractivity contribution in [3.8, 4) is 0 Å². The van der Waals surface area contributed by atoms with Crippen LogP contribution in [-0.2, 0) is 11.8 Å². The normalized spacial score (nSPS) is 16.4. The third-order valence-corrected chi connectivity index (χ3v) is 5.93. The van der Waals surface area contributed by atoms with Crippen LogP contribution in [0.25, 0.3) is 10.9 Å². The Hall–Kier alpha value is -3.93. The quantitative estimate of drug-likeness (QED) is 0.550. The molecule has 3 heterocycles. The number of para-hydroxylation sites is 1. The first-order valence-electron chi connectivity index (χ1n) is 10.2. The zero-order chi connectivity index (χ0) is 21.5. The van der Waals surface area contributed by atoms with Gasteiger partial charge in [0, 0.05) is 41.5 Å². The molecule has 0 saturated heterocycles. The van der Waals surface area contributed by atoms with Crippen molar-refractivity contribution in [1.29, 1.82) is 0 Å². The lowest BCUT2D eigenvalue weighted by Crippen LogP contribution is -2.44. The van der Waals surface area contributed by atoms with Gasteiger partial charge in [-0.2, -0.15) is 0 Å². The molecule has 0 spiro atoms. The first-order chi connectivity index (χ1) is 15.1. The van der Waals surface area contributed by atoms with Crippen LogP contribution < -0.4 is 5.32 Å². The highest BCUT2D eigenvalue weighted by Crippen LogP contribution is 2.42. The molecule has 0 aliphatic carbocycles. The van der Waals surface area contributed by atoms with Crippen molar-refractivity contribution < 1.29 is 9.59 Å². The van der Waals surface area contributed by atoms with E-state index in [1.165, 1.54) is 0 Å². The van der Waals surface area contributed by atoms with Crippen molar-refractivity contribution in [2.24, 2.45) is 7.05 Å². The van der Waals surface area contributed by atoms with Crippen molar-refractivity contribution in [3.63, 3.8) is 0 Å². The minimum absolute atomic E-state index is 0.141. The van der Waals surface area contributed by atoms with Crippen LogP contribution in [0.5, 0.6) is 0 Å². The zero-order valence-corrected chi connectivity index (χ0v) is 17.3. The molecule has 0 radical (unpaired) electrons. The summed E-state index contributed by atoms with van der Waals surface area (Å²) >= 11 is 0. The molecule has 4 aromatic rings. The van der Waals surface area contributed by atoms with Crippen molar-refractivity contribution in [3.05, 3.63) is 95.8 Å². The lowest BCUT2D eigenvalue weighted by molar-refractivity contribution is -0.120. The van der Waals surface area contributed by atoms with E-state index in [1.807, 2.05) is 49.5 Å². The summed E-state index contributed by atoms with van der Waals surface area (Å²) in [7, 11) is 2.00. The van der Waals surface area contributed by atoms with Crippen LogP contribution in [-0.4, -0.2) is 32.3 Å². The SMILES string of the molecule is C[C@H](C(=O)Nc1ccccn1)N1C(=O)c2ccccc2[C@@H]1c1cn(C)c2ccccc12. The Labute approximate surface area is 180 Å². The Morgan fingerprint density at radius 1 is 1.00 bits per heavy atom. The average Bonchev–Trinajstić information content (AvgIpc) is 3.28. The molecule has 1 N–H and O–H groups in total. The average molecular weight is 410 g/mol. The van der Waals surface area contributed by atoms with Crippen LogP contribution in [0.4, 0.5) is 5.82 Å². The number of nitrogens with zero attached hydrogens (tertiary/aromatic N) is 3. The third-order valence-electron chi connectivity index (χ3n) is 5.93. The van der Waals surface area contributed by atoms with E-state index in [2.05, 4.69) is 33.2 Å². The van der Waals surface area contributed by atoms with E-state index in [0.29, 0.717) is 11.4 Å². The predicted octanol–water partition coefficient (Wildman–Crippen LogP) is 4.15. The Morgan fingerprint density at radius 3 is 2.55 bits per heavy atom. The number of aryl methyl sites for hydroxylation is 1. The molecule has 2 aromatic heterocycles. The monoisotopic (exact) mass is 410 g/mol. The number of amides is 2. The van der Waals surface area contributed by atoms with E-state index >= 15 is 0 Å². The Balaban J connectivity index is 1.60. The molecule has 1 aliphatic heterocycles. The maximum absolute atomic E-state index is 13.4. The van der Waals surface area contributed by atoms with Crippen molar-refractivity contribution in [2.45, 2.75) is 19.0 Å². The highest BCUT2D eigenvalue weighted by atomic mass is 16.2. The summed E-state index contributed by atoms with van der Waals surface area (Å²) in [5, 5.41) is 3.90. The summed E-state index contributed by atoms with van der Waals surface area (Å²) in [5.41, 5.74) is 3.65. The molecule has 2 amide bonds. The summed E-state index contributed by atoms with van der Waals surface area (Å²) < 4.78 is 2.06. The second-order valence-corrected chi connectivity index (χ2v) is 7.79. The van der Waals surface area contributed by atoms with Crippen molar-refractivity contribution in [1.82, 2.24) is 14.5 Å². The van der Waals surface area contributed by atoms with Gasteiger partial charge < -0.3 is 14.8 Å². The topological polar surface area (TPSA) is 67.2 Å². The number of aromatic nitrogens is 2. The molecule has 6 heteroatoms. The summed E-state index contributed by atoms with van der Waals surface area (Å²) in [6, 6.07) is 20.0. The van der Waals surface area contributed by atoms with E-state index < -0.39 is 6.04 Å². The molecule has 31 heavy (non-hydrogen) atoms. The van der Waals surface area contributed by atoms with Gasteiger partial charge in [-0.05, 0) is 36.8 Å². The molecule has 5 rings (SSSR count). The van der Waals surface area contributed by atoms with Gasteiger partial charge in [0.15, 0.2) is 0 Å². The fraction of sp³-hybridized carbons (Fsp3) is 0.160. The number of fused-ring (bicyclic) bond motifs is 2. The van der Waals surface area contributed by atoms with Gasteiger partial charge >= 0.3 is 0 Å². The molecule has 0 fully saturated rings. The number of benzene rings is 2. The Morgan fingerprint density at radius 2 is 1.74 bits per heavy atom. The minimum Gasteiger partial charge on any atom is -0.350 e. The number of rotatable bonds is 4. The van der Waals surface area contributed by atoms with E-state index in [0.717, 1.165) is 22.0 Å². The lowest BCUT2D eigenvalue weighted by atomic mass is 9.97. The number of hydrogen-bond acceptors (Lipinski definition) is 3. The Kier molecular flexibility index (Phi) is 4.55. The summed E-state index contributed by atoms with van der Waals surface area (Å²) in [6.45, 7) is 1.76. The molecule has 1 aliphatic rings. The number of nitrogens with one attached hydrogen (secondary N) is 1. The minimum atomic E-state index is -0.689. The van der Waals surface area contributed by atoms with Crippen LogP contribution in [0, 0.1) is 0 Å². The number of carbonyl (C=O) groups excluding carboxylic acids is 2. The number of carbonyl (C=O) groups is 2. The predicted molar refractivity (Wildman–Crippen MR) is 120 cm³/mol. The second kappa shape index (κ2) is 7.40. The van der Waals surface area contributed by atoms with Crippen LogP contribution in [0.2, 0.25) is 0 Å². The largest absolute Gasteiger partial charge is 0.350 e. The zero-order valence-electron chi connectivity index (χ0n) is 17.3. The van der Waals surface area contributed by atoms with E-state index in [-0.39, 0.29) is 17.9 Å². The highest BCUT2D eigenvalue weighted by molar-refractivity contribution is 6.05. The summed E-state index contributed by atoms with van der Waals surface area (Å²) in [5.74, 6) is 0.0486. The first-order valence-corrected chi connectivity index (χ1v) is 10.2. The fourth-order valence-corrected chi connectivity index (χ4v) is 4.44. The van der Waals surface area contributed by atoms with Gasteiger partial charge in [-0.1, -0.05) is 42.5 Å². The van der Waals surface area contributed by atoms with Crippen molar-refractivity contribution >= 4 is 28.5 Å². The van der Waals surface area contributed by atoms with Crippen molar-refractivity contribution in [2.75, 3.05) is 5.32 Å². The third kappa shape index (κ3) is 3.08. The number of anilines is 1. The van der Waals surface area contributed by atoms with Gasteiger partial charge in [-0.15, -0.1) is 0 Å². The molecule has 154 valence electrons. The number of pyridine rings is 1. The molecule has 2 atom stereocenters. The van der Waals surface area contributed by atoms with E-state index in [9.17, 15) is 9.59 Å². The van der Waals surface area contributed by atoms with Crippen LogP contribution in [0.15, 0.2) is 79.1 Å². The summed E-state index contributed by atoms with van der Waals surface area (Å²) in [4.78, 5) is 32.4. The fourth-order valence-electron chi connectivity index (χ4n) is 4.44. The smallest absolute Gasteiger partial charge is 0.255 e. The van der Waals surface area contributed by atoms with Crippen LogP contribution >= 0.6 is 0 Å². The lowest BCUT2D eigenvalue weighted by Gasteiger charge is -2.30. The molecule has 0 saturated carbocycles. The van der Waals surface area contributed by atoms with Gasteiger partial charge in [0.1, 0.15) is 11.9 Å². The molecule has 2 aromatic carbocycles. The van der Waals surface area contributed by atoms with Gasteiger partial charge in [0.2, 0.25) is 5.91 Å². The van der Waals surface area contributed by atoms with Gasteiger partial charge in [0.25, 0.3) is 5.91 Å². The maximum Gasteiger partial charge on any atom is 0.255 e. The second-order valence-electron chi connectivity index (χ2n) is 7.79. The van der Waals surface area contributed by atoms with Crippen LogP contribution in [0.3, 0.4) is 0 Å². The molecule has 0 unspecified atom stereocenters.